The highest BCUT2D eigenvalue weighted by Crippen LogP contribution is 2.27. The molecule has 0 aromatic heterocycles. The Morgan fingerprint density at radius 1 is 1.15 bits per heavy atom. The van der Waals surface area contributed by atoms with Crippen LogP contribution in [0.1, 0.15) is 22.8 Å². The Morgan fingerprint density at radius 2 is 1.85 bits per heavy atom. The molecule has 2 aromatic rings. The summed E-state index contributed by atoms with van der Waals surface area (Å²) >= 11 is 0. The zero-order valence-electron chi connectivity index (χ0n) is 11.2. The normalized spacial score (nSPS) is 13.2. The van der Waals surface area contributed by atoms with Gasteiger partial charge in [0.2, 0.25) is 0 Å². The van der Waals surface area contributed by atoms with Crippen LogP contribution in [-0.4, -0.2) is 19.8 Å². The quantitative estimate of drug-likeness (QED) is 0.946. The molecule has 0 spiro atoms. The maximum absolute atomic E-state index is 13.3. The minimum Gasteiger partial charge on any atom is -0.384 e. The lowest BCUT2D eigenvalue weighted by molar-refractivity contribution is 0.218. The van der Waals surface area contributed by atoms with E-state index < -0.39 is 21.8 Å². The summed E-state index contributed by atoms with van der Waals surface area (Å²) < 4.78 is 36.3. The fourth-order valence-electron chi connectivity index (χ4n) is 2.00. The summed E-state index contributed by atoms with van der Waals surface area (Å²) in [7, 11) is -3.34. The predicted octanol–water partition coefficient (Wildman–Crippen LogP) is 2.62. The Morgan fingerprint density at radius 3 is 2.50 bits per heavy atom. The number of sulfone groups is 1. The SMILES string of the molecule is Cc1ccc(F)cc1C(O)c1cccc(S(C)(=O)=O)c1. The molecule has 0 amide bonds. The molecule has 2 rings (SSSR count). The smallest absolute Gasteiger partial charge is 0.175 e. The van der Waals surface area contributed by atoms with Crippen LogP contribution in [0.5, 0.6) is 0 Å². The van der Waals surface area contributed by atoms with Crippen molar-refractivity contribution in [3.63, 3.8) is 0 Å². The van der Waals surface area contributed by atoms with Crippen molar-refractivity contribution >= 4 is 9.84 Å². The second-order valence-corrected chi connectivity index (χ2v) is 6.76. The van der Waals surface area contributed by atoms with E-state index in [1.54, 1.807) is 25.1 Å². The second-order valence-electron chi connectivity index (χ2n) is 4.75. The number of aliphatic hydroxyl groups excluding tert-OH is 1. The van der Waals surface area contributed by atoms with Gasteiger partial charge in [-0.25, -0.2) is 12.8 Å². The predicted molar refractivity (Wildman–Crippen MR) is 74.8 cm³/mol. The summed E-state index contributed by atoms with van der Waals surface area (Å²) in [6.45, 7) is 1.76. The van der Waals surface area contributed by atoms with Crippen LogP contribution in [0.15, 0.2) is 47.4 Å². The summed E-state index contributed by atoms with van der Waals surface area (Å²) in [4.78, 5) is 0.128. The topological polar surface area (TPSA) is 54.4 Å². The summed E-state index contributed by atoms with van der Waals surface area (Å²) in [5, 5.41) is 10.3. The molecule has 1 atom stereocenters. The van der Waals surface area contributed by atoms with E-state index in [0.717, 1.165) is 11.8 Å². The monoisotopic (exact) mass is 294 g/mol. The molecule has 0 radical (unpaired) electrons. The number of hydrogen-bond donors (Lipinski definition) is 1. The Hall–Kier alpha value is -1.72. The first kappa shape index (κ1) is 14.7. The molecule has 0 aliphatic carbocycles. The fraction of sp³-hybridized carbons (Fsp3) is 0.200. The molecular formula is C15H15FO3S. The molecule has 3 nitrogen and oxygen atoms in total. The van der Waals surface area contributed by atoms with E-state index in [1.165, 1.54) is 24.3 Å². The molecule has 20 heavy (non-hydrogen) atoms. The van der Waals surface area contributed by atoms with E-state index in [-0.39, 0.29) is 4.90 Å². The summed E-state index contributed by atoms with van der Waals surface area (Å²) in [6.07, 6.45) is 0.0405. The van der Waals surface area contributed by atoms with Gasteiger partial charge in [-0.05, 0) is 47.9 Å². The van der Waals surface area contributed by atoms with Crippen molar-refractivity contribution in [2.24, 2.45) is 0 Å². The van der Waals surface area contributed by atoms with E-state index in [1.807, 2.05) is 0 Å². The molecule has 5 heteroatoms. The zero-order valence-corrected chi connectivity index (χ0v) is 12.0. The fourth-order valence-corrected chi connectivity index (χ4v) is 2.68. The third-order valence-corrected chi connectivity index (χ3v) is 4.25. The highest BCUT2D eigenvalue weighted by molar-refractivity contribution is 7.90. The number of benzene rings is 2. The van der Waals surface area contributed by atoms with Crippen LogP contribution < -0.4 is 0 Å². The van der Waals surface area contributed by atoms with Gasteiger partial charge in [0, 0.05) is 6.26 Å². The molecule has 1 N–H and O–H groups in total. The van der Waals surface area contributed by atoms with E-state index in [4.69, 9.17) is 0 Å². The first-order valence-corrected chi connectivity index (χ1v) is 7.92. The van der Waals surface area contributed by atoms with Gasteiger partial charge in [0.25, 0.3) is 0 Å². The highest BCUT2D eigenvalue weighted by Gasteiger charge is 2.16. The largest absolute Gasteiger partial charge is 0.384 e. The van der Waals surface area contributed by atoms with Crippen molar-refractivity contribution < 1.29 is 17.9 Å². The van der Waals surface area contributed by atoms with Crippen LogP contribution in [0.3, 0.4) is 0 Å². The number of rotatable bonds is 3. The van der Waals surface area contributed by atoms with Gasteiger partial charge >= 0.3 is 0 Å². The first-order valence-electron chi connectivity index (χ1n) is 6.03. The maximum Gasteiger partial charge on any atom is 0.175 e. The Balaban J connectivity index is 2.48. The van der Waals surface area contributed by atoms with Crippen LogP contribution >= 0.6 is 0 Å². The Bertz CT molecular complexity index is 739. The lowest BCUT2D eigenvalue weighted by atomic mass is 9.97. The number of hydrogen-bond acceptors (Lipinski definition) is 3. The maximum atomic E-state index is 13.3. The first-order chi connectivity index (χ1) is 9.29. The summed E-state index contributed by atoms with van der Waals surface area (Å²) in [5.74, 6) is -0.441. The van der Waals surface area contributed by atoms with Crippen molar-refractivity contribution in [2.75, 3.05) is 6.26 Å². The Labute approximate surface area is 117 Å². The summed E-state index contributed by atoms with van der Waals surface area (Å²) in [6, 6.07) is 10.2. The van der Waals surface area contributed by atoms with Crippen molar-refractivity contribution in [1.29, 1.82) is 0 Å². The van der Waals surface area contributed by atoms with Crippen molar-refractivity contribution in [1.82, 2.24) is 0 Å². The minimum atomic E-state index is -3.34. The molecule has 0 fully saturated rings. The molecule has 0 saturated heterocycles. The highest BCUT2D eigenvalue weighted by atomic mass is 32.2. The van der Waals surface area contributed by atoms with Gasteiger partial charge in [-0.15, -0.1) is 0 Å². The molecule has 0 bridgehead atoms. The van der Waals surface area contributed by atoms with Gasteiger partial charge in [0.15, 0.2) is 9.84 Å². The number of halogens is 1. The third-order valence-electron chi connectivity index (χ3n) is 3.14. The van der Waals surface area contributed by atoms with Gasteiger partial charge in [-0.1, -0.05) is 18.2 Å². The molecule has 2 aromatic carbocycles. The van der Waals surface area contributed by atoms with Crippen molar-refractivity contribution in [2.45, 2.75) is 17.9 Å². The Kier molecular flexibility index (Phi) is 3.92. The standard InChI is InChI=1S/C15H15FO3S/c1-10-6-7-12(16)9-14(10)15(17)11-4-3-5-13(8-11)20(2,18)19/h3-9,15,17H,1-2H3. The average Bonchev–Trinajstić information content (AvgIpc) is 2.40. The molecule has 106 valence electrons. The van der Waals surface area contributed by atoms with Gasteiger partial charge in [0.05, 0.1) is 4.90 Å². The van der Waals surface area contributed by atoms with Gasteiger partial charge in [-0.3, -0.25) is 0 Å². The number of aryl methyl sites for hydroxylation is 1. The second kappa shape index (κ2) is 5.34. The average molecular weight is 294 g/mol. The van der Waals surface area contributed by atoms with Gasteiger partial charge in [-0.2, -0.15) is 0 Å². The zero-order chi connectivity index (χ0) is 14.9. The van der Waals surface area contributed by atoms with Gasteiger partial charge in [0.1, 0.15) is 11.9 Å². The van der Waals surface area contributed by atoms with Crippen LogP contribution in [0.4, 0.5) is 4.39 Å². The summed E-state index contributed by atoms with van der Waals surface area (Å²) in [5.41, 5.74) is 1.58. The van der Waals surface area contributed by atoms with Crippen LogP contribution in [0.25, 0.3) is 0 Å². The van der Waals surface area contributed by atoms with E-state index >= 15 is 0 Å². The van der Waals surface area contributed by atoms with Crippen molar-refractivity contribution in [3.05, 3.63) is 65.0 Å². The van der Waals surface area contributed by atoms with Crippen molar-refractivity contribution in [3.8, 4) is 0 Å². The minimum absolute atomic E-state index is 0.128. The lowest BCUT2D eigenvalue weighted by Gasteiger charge is -2.15. The van der Waals surface area contributed by atoms with Crippen LogP contribution in [0.2, 0.25) is 0 Å². The van der Waals surface area contributed by atoms with Crippen LogP contribution in [-0.2, 0) is 9.84 Å². The molecular weight excluding hydrogens is 279 g/mol. The van der Waals surface area contributed by atoms with Gasteiger partial charge < -0.3 is 5.11 Å². The molecule has 0 heterocycles. The molecule has 0 aliphatic rings. The molecule has 0 aliphatic heterocycles. The number of aliphatic hydroxyl groups is 1. The van der Waals surface area contributed by atoms with E-state index in [2.05, 4.69) is 0 Å². The van der Waals surface area contributed by atoms with E-state index in [0.29, 0.717) is 11.1 Å². The lowest BCUT2D eigenvalue weighted by Crippen LogP contribution is -2.05. The molecule has 1 unspecified atom stereocenters. The van der Waals surface area contributed by atoms with E-state index in [9.17, 15) is 17.9 Å². The molecule has 0 saturated carbocycles. The third kappa shape index (κ3) is 3.05. The van der Waals surface area contributed by atoms with Crippen LogP contribution in [0, 0.1) is 12.7 Å².